The summed E-state index contributed by atoms with van der Waals surface area (Å²) in [7, 11) is -4.78. The van der Waals surface area contributed by atoms with Gasteiger partial charge in [-0.15, -0.1) is 0 Å². The van der Waals surface area contributed by atoms with Crippen LogP contribution in [-0.2, 0) is 9.84 Å². The highest BCUT2D eigenvalue weighted by Gasteiger charge is 2.49. The molecule has 0 saturated heterocycles. The summed E-state index contributed by atoms with van der Waals surface area (Å²) in [5.41, 5.74) is -5.59. The van der Waals surface area contributed by atoms with Crippen LogP contribution in [-0.4, -0.2) is 21.0 Å². The highest BCUT2D eigenvalue weighted by molar-refractivity contribution is 7.92. The van der Waals surface area contributed by atoms with Crippen LogP contribution in [0.1, 0.15) is 0 Å². The minimum absolute atomic E-state index is 0.133. The zero-order chi connectivity index (χ0) is 15.1. The van der Waals surface area contributed by atoms with Crippen LogP contribution in [0, 0.1) is 5.82 Å². The zero-order valence-electron chi connectivity index (χ0n) is 10.0. The minimum atomic E-state index is -5.82. The van der Waals surface area contributed by atoms with Crippen LogP contribution in [0.15, 0.2) is 35.2 Å². The molecule has 0 aliphatic carbocycles. The van der Waals surface area contributed by atoms with Crippen molar-refractivity contribution in [2.45, 2.75) is 10.4 Å². The molecule has 0 bridgehead atoms. The van der Waals surface area contributed by atoms with Crippen LogP contribution in [0.5, 0.6) is 5.75 Å². The number of methoxy groups -OCH3 is 1. The summed E-state index contributed by atoms with van der Waals surface area (Å²) >= 11 is 0. The molecule has 0 aromatic heterocycles. The van der Waals surface area contributed by atoms with E-state index in [0.717, 1.165) is 19.2 Å². The van der Waals surface area contributed by atoms with Gasteiger partial charge in [-0.25, -0.2) is 12.8 Å². The lowest BCUT2D eigenvalue weighted by molar-refractivity contribution is -0.0437. The number of fused-ring (bicyclic) bond motifs is 1. The molecule has 2 aromatic carbocycles. The van der Waals surface area contributed by atoms with Crippen molar-refractivity contribution in [1.82, 2.24) is 0 Å². The summed E-state index contributed by atoms with van der Waals surface area (Å²) in [5, 5.41) is -0.211. The fourth-order valence-electron chi connectivity index (χ4n) is 1.79. The number of halogens is 4. The van der Waals surface area contributed by atoms with Crippen molar-refractivity contribution in [1.29, 1.82) is 0 Å². The average molecular weight is 308 g/mol. The molecule has 0 unspecified atom stereocenters. The van der Waals surface area contributed by atoms with Crippen molar-refractivity contribution >= 4 is 20.6 Å². The summed E-state index contributed by atoms with van der Waals surface area (Å²) in [6.07, 6.45) is 0. The first kappa shape index (κ1) is 14.6. The van der Waals surface area contributed by atoms with E-state index in [1.54, 1.807) is 0 Å². The first-order chi connectivity index (χ1) is 9.20. The highest BCUT2D eigenvalue weighted by Crippen LogP contribution is 2.39. The van der Waals surface area contributed by atoms with Gasteiger partial charge in [0.05, 0.1) is 7.11 Å². The van der Waals surface area contributed by atoms with Crippen molar-refractivity contribution in [3.63, 3.8) is 0 Å². The van der Waals surface area contributed by atoms with E-state index < -0.39 is 31.8 Å². The van der Waals surface area contributed by atoms with Crippen LogP contribution in [0.4, 0.5) is 17.6 Å². The Hall–Kier alpha value is -1.83. The fourth-order valence-corrected chi connectivity index (χ4v) is 2.83. The van der Waals surface area contributed by atoms with Gasteiger partial charge in [0.1, 0.15) is 4.90 Å². The van der Waals surface area contributed by atoms with Crippen molar-refractivity contribution in [3.05, 3.63) is 36.1 Å². The van der Waals surface area contributed by atoms with E-state index >= 15 is 0 Å². The van der Waals surface area contributed by atoms with Gasteiger partial charge < -0.3 is 4.74 Å². The summed E-state index contributed by atoms with van der Waals surface area (Å²) in [6.45, 7) is 0. The molecular formula is C12H8F4O3S. The number of sulfone groups is 1. The molecule has 0 saturated carbocycles. The molecule has 0 aliphatic rings. The minimum Gasteiger partial charge on any atom is -0.494 e. The van der Waals surface area contributed by atoms with Crippen LogP contribution in [0.25, 0.3) is 10.8 Å². The van der Waals surface area contributed by atoms with Gasteiger partial charge in [-0.3, -0.25) is 0 Å². The Morgan fingerprint density at radius 2 is 1.75 bits per heavy atom. The van der Waals surface area contributed by atoms with Gasteiger partial charge in [-0.05, 0) is 11.5 Å². The molecule has 3 nitrogen and oxygen atoms in total. The van der Waals surface area contributed by atoms with E-state index in [1.165, 1.54) is 18.2 Å². The first-order valence-electron chi connectivity index (χ1n) is 5.26. The third-order valence-electron chi connectivity index (χ3n) is 2.70. The maximum atomic E-state index is 14.0. The van der Waals surface area contributed by atoms with Crippen LogP contribution in [0.2, 0.25) is 0 Å². The Kier molecular flexibility index (Phi) is 3.37. The van der Waals surface area contributed by atoms with E-state index in [0.29, 0.717) is 0 Å². The number of alkyl halides is 3. The number of hydrogen-bond acceptors (Lipinski definition) is 3. The maximum Gasteiger partial charge on any atom is 0.502 e. The van der Waals surface area contributed by atoms with E-state index in [1.807, 2.05) is 0 Å². The summed E-state index contributed by atoms with van der Waals surface area (Å²) < 4.78 is 79.7. The molecule has 0 heterocycles. The molecule has 2 aromatic rings. The third kappa shape index (κ3) is 2.09. The molecule has 2 rings (SSSR count). The van der Waals surface area contributed by atoms with Crippen LogP contribution >= 0.6 is 0 Å². The molecule has 0 aliphatic heterocycles. The largest absolute Gasteiger partial charge is 0.502 e. The Labute approximate surface area is 111 Å². The second kappa shape index (κ2) is 4.62. The van der Waals surface area contributed by atoms with Gasteiger partial charge in [0.2, 0.25) is 0 Å². The second-order valence-electron chi connectivity index (χ2n) is 3.89. The molecule has 8 heteroatoms. The van der Waals surface area contributed by atoms with Gasteiger partial charge in [-0.1, -0.05) is 24.3 Å². The lowest BCUT2D eigenvalue weighted by Crippen LogP contribution is -2.24. The standard InChI is InChI=1S/C12H8F4O3S/c1-19-9-6-7-4-2-3-5-8(7)11(10(9)13)20(17,18)12(14,15)16/h2-6H,1H3. The number of ether oxygens (including phenoxy) is 1. The van der Waals surface area contributed by atoms with E-state index in [9.17, 15) is 26.0 Å². The SMILES string of the molecule is COc1cc2ccccc2c(S(=O)(=O)C(F)(F)F)c1F. The number of rotatable bonds is 2. The van der Waals surface area contributed by atoms with E-state index in [2.05, 4.69) is 4.74 Å². The molecule has 0 N–H and O–H groups in total. The fraction of sp³-hybridized carbons (Fsp3) is 0.167. The van der Waals surface area contributed by atoms with Crippen LogP contribution in [0.3, 0.4) is 0 Å². The third-order valence-corrected chi connectivity index (χ3v) is 4.25. The molecule has 0 spiro atoms. The molecular weight excluding hydrogens is 300 g/mol. The molecule has 20 heavy (non-hydrogen) atoms. The molecule has 0 radical (unpaired) electrons. The summed E-state index contributed by atoms with van der Waals surface area (Å²) in [6, 6.07) is 6.43. The van der Waals surface area contributed by atoms with Gasteiger partial charge in [0.15, 0.2) is 11.6 Å². The first-order valence-corrected chi connectivity index (χ1v) is 6.75. The predicted molar refractivity (Wildman–Crippen MR) is 63.7 cm³/mol. The lowest BCUT2D eigenvalue weighted by atomic mass is 10.1. The van der Waals surface area contributed by atoms with E-state index in [-0.39, 0.29) is 10.8 Å². The normalized spacial score (nSPS) is 12.7. The maximum absolute atomic E-state index is 14.0. The Morgan fingerprint density at radius 1 is 1.15 bits per heavy atom. The van der Waals surface area contributed by atoms with Crippen LogP contribution < -0.4 is 4.74 Å². The predicted octanol–water partition coefficient (Wildman–Crippen LogP) is 3.28. The quantitative estimate of drug-likeness (QED) is 0.800. The van der Waals surface area contributed by atoms with Crippen molar-refractivity contribution < 1.29 is 30.7 Å². The van der Waals surface area contributed by atoms with Crippen molar-refractivity contribution in [2.24, 2.45) is 0 Å². The topological polar surface area (TPSA) is 43.4 Å². The van der Waals surface area contributed by atoms with Gasteiger partial charge in [-0.2, -0.15) is 13.2 Å². The van der Waals surface area contributed by atoms with Crippen molar-refractivity contribution in [3.8, 4) is 5.75 Å². The van der Waals surface area contributed by atoms with Gasteiger partial charge in [0.25, 0.3) is 9.84 Å². The molecule has 0 atom stereocenters. The highest BCUT2D eigenvalue weighted by atomic mass is 32.2. The average Bonchev–Trinajstić information content (AvgIpc) is 2.36. The van der Waals surface area contributed by atoms with E-state index in [4.69, 9.17) is 0 Å². The summed E-state index contributed by atoms with van der Waals surface area (Å²) in [4.78, 5) is -1.42. The second-order valence-corrected chi connectivity index (χ2v) is 5.77. The number of hydrogen-bond donors (Lipinski definition) is 0. The summed E-state index contributed by atoms with van der Waals surface area (Å²) in [5.74, 6) is -2.12. The Balaban J connectivity index is 2.98. The van der Waals surface area contributed by atoms with Crippen molar-refractivity contribution in [2.75, 3.05) is 7.11 Å². The monoisotopic (exact) mass is 308 g/mol. The van der Waals surface area contributed by atoms with Gasteiger partial charge in [0, 0.05) is 5.39 Å². The Bertz CT molecular complexity index is 766. The molecule has 0 amide bonds. The zero-order valence-corrected chi connectivity index (χ0v) is 10.8. The molecule has 0 fully saturated rings. The molecule has 108 valence electrons. The number of benzene rings is 2. The Morgan fingerprint density at radius 3 is 2.30 bits per heavy atom. The lowest BCUT2D eigenvalue weighted by Gasteiger charge is -2.14. The smallest absolute Gasteiger partial charge is 0.494 e. The van der Waals surface area contributed by atoms with Gasteiger partial charge >= 0.3 is 5.51 Å².